The van der Waals surface area contributed by atoms with Gasteiger partial charge in [0, 0.05) is 18.8 Å². The summed E-state index contributed by atoms with van der Waals surface area (Å²) in [6, 6.07) is 2.65. The molecule has 0 radical (unpaired) electrons. The third kappa shape index (κ3) is 4.34. The van der Waals surface area contributed by atoms with Crippen LogP contribution in [0.4, 0.5) is 42.2 Å². The highest BCUT2D eigenvalue weighted by Crippen LogP contribution is 2.47. The minimum absolute atomic E-state index is 0.0404. The molecule has 4 rings (SSSR count). The van der Waals surface area contributed by atoms with Gasteiger partial charge in [-0.05, 0) is 55.5 Å². The van der Waals surface area contributed by atoms with E-state index in [4.69, 9.17) is 11.6 Å². The van der Waals surface area contributed by atoms with Crippen LogP contribution in [0.2, 0.25) is 5.02 Å². The molecule has 4 nitrogen and oxygen atoms in total. The Bertz CT molecular complexity index is 1060. The molecule has 1 saturated heterocycles. The van der Waals surface area contributed by atoms with E-state index in [1.54, 1.807) is 0 Å². The van der Waals surface area contributed by atoms with Crippen molar-refractivity contribution in [3.05, 3.63) is 52.4 Å². The summed E-state index contributed by atoms with van der Waals surface area (Å²) in [5.74, 6) is -2.08. The molecule has 178 valence electrons. The number of alkyl halides is 6. The largest absolute Gasteiger partial charge is 0.433 e. The maximum atomic E-state index is 13.5. The van der Waals surface area contributed by atoms with E-state index < -0.39 is 53.2 Å². The van der Waals surface area contributed by atoms with Crippen molar-refractivity contribution >= 4 is 29.0 Å². The fourth-order valence-electron chi connectivity index (χ4n) is 4.61. The molecule has 2 bridgehead atoms. The van der Waals surface area contributed by atoms with Crippen LogP contribution in [0.5, 0.6) is 0 Å². The molecule has 1 amide bonds. The van der Waals surface area contributed by atoms with Crippen molar-refractivity contribution in [2.75, 3.05) is 16.8 Å². The van der Waals surface area contributed by atoms with E-state index in [2.05, 4.69) is 4.98 Å². The molecule has 1 aromatic carbocycles. The predicted octanol–water partition coefficient (Wildman–Crippen LogP) is 5.93. The number of aromatic nitrogens is 1. The first-order valence-electron chi connectivity index (χ1n) is 9.95. The molecule has 1 saturated carbocycles. The smallest absolute Gasteiger partial charge is 0.341 e. The number of carbonyl (C=O) groups excluding carboxylic acids is 1. The van der Waals surface area contributed by atoms with Crippen molar-refractivity contribution in [3.8, 4) is 0 Å². The Hall–Kier alpha value is -2.56. The zero-order valence-corrected chi connectivity index (χ0v) is 17.8. The van der Waals surface area contributed by atoms with Crippen molar-refractivity contribution in [1.29, 1.82) is 0 Å². The number of halogens is 8. The summed E-state index contributed by atoms with van der Waals surface area (Å²) in [4.78, 5) is 19.3. The molecular weight excluding hydrogens is 479 g/mol. The predicted molar refractivity (Wildman–Crippen MR) is 106 cm³/mol. The Morgan fingerprint density at radius 1 is 1.09 bits per heavy atom. The molecule has 0 spiro atoms. The SMILES string of the molecule is CN(C(=O)[C@@H]1[C@H]2CC[C@H](C2)N1c1cc(C(F)(F)F)cc(C(F)(F)F)n1)c1ccc(F)c(Cl)c1. The number of nitrogens with zero attached hydrogens (tertiary/aromatic N) is 3. The van der Waals surface area contributed by atoms with E-state index in [0.717, 1.165) is 6.07 Å². The third-order valence-corrected chi connectivity index (χ3v) is 6.44. The average Bonchev–Trinajstić information content (AvgIpc) is 3.34. The summed E-state index contributed by atoms with van der Waals surface area (Å²) in [5, 5.41) is -0.230. The van der Waals surface area contributed by atoms with Gasteiger partial charge in [0.1, 0.15) is 23.4 Å². The van der Waals surface area contributed by atoms with Gasteiger partial charge in [-0.15, -0.1) is 0 Å². The summed E-state index contributed by atoms with van der Waals surface area (Å²) in [5.41, 5.74) is -2.94. The number of hydrogen-bond acceptors (Lipinski definition) is 3. The van der Waals surface area contributed by atoms with E-state index in [1.807, 2.05) is 0 Å². The number of rotatable bonds is 3. The van der Waals surface area contributed by atoms with Gasteiger partial charge >= 0.3 is 12.4 Å². The Balaban J connectivity index is 1.75. The highest BCUT2D eigenvalue weighted by Gasteiger charge is 2.51. The van der Waals surface area contributed by atoms with E-state index >= 15 is 0 Å². The number of carbonyl (C=O) groups is 1. The summed E-state index contributed by atoms with van der Waals surface area (Å²) >= 11 is 5.78. The monoisotopic (exact) mass is 495 g/mol. The summed E-state index contributed by atoms with van der Waals surface area (Å²) in [7, 11) is 1.39. The molecular formula is C21H17ClF7N3O. The Labute approximate surface area is 188 Å². The van der Waals surface area contributed by atoms with Crippen LogP contribution in [-0.4, -0.2) is 30.0 Å². The number of fused-ring (bicyclic) bond motifs is 2. The summed E-state index contributed by atoms with van der Waals surface area (Å²) in [6.07, 6.45) is -8.58. The standard InChI is InChI=1S/C21H17ClF7N3O/c1-31(12-4-5-15(23)14(22)9-12)19(33)18-10-2-3-13(6-10)32(18)17-8-11(20(24,25)26)7-16(30-17)21(27,28)29/h4-5,7-10,13,18H,2-3,6H2,1H3/t10-,13+,18-/m0/s1. The number of benzene rings is 1. The van der Waals surface area contributed by atoms with Gasteiger partial charge in [0.25, 0.3) is 0 Å². The lowest BCUT2D eigenvalue weighted by atomic mass is 9.97. The number of pyridine rings is 1. The Morgan fingerprint density at radius 3 is 2.39 bits per heavy atom. The highest BCUT2D eigenvalue weighted by molar-refractivity contribution is 6.31. The normalized spacial score (nSPS) is 22.7. The molecule has 3 atom stereocenters. The second kappa shape index (κ2) is 8.03. The third-order valence-electron chi connectivity index (χ3n) is 6.15. The maximum Gasteiger partial charge on any atom is 0.433 e. The number of hydrogen-bond donors (Lipinski definition) is 0. The minimum Gasteiger partial charge on any atom is -0.341 e. The van der Waals surface area contributed by atoms with Crippen molar-refractivity contribution < 1.29 is 35.5 Å². The molecule has 33 heavy (non-hydrogen) atoms. The second-order valence-corrected chi connectivity index (χ2v) is 8.58. The molecule has 12 heteroatoms. The molecule has 2 aliphatic rings. The topological polar surface area (TPSA) is 36.4 Å². The van der Waals surface area contributed by atoms with Crippen LogP contribution in [0.15, 0.2) is 30.3 Å². The zero-order valence-electron chi connectivity index (χ0n) is 17.0. The fourth-order valence-corrected chi connectivity index (χ4v) is 4.79. The zero-order chi connectivity index (χ0) is 24.3. The van der Waals surface area contributed by atoms with Gasteiger partial charge < -0.3 is 9.80 Å². The average molecular weight is 496 g/mol. The van der Waals surface area contributed by atoms with Gasteiger partial charge in [-0.3, -0.25) is 4.79 Å². The van der Waals surface area contributed by atoms with Gasteiger partial charge in [-0.1, -0.05) is 11.6 Å². The molecule has 0 N–H and O–H groups in total. The Morgan fingerprint density at radius 2 is 1.79 bits per heavy atom. The molecule has 1 aliphatic carbocycles. The van der Waals surface area contributed by atoms with E-state index in [9.17, 15) is 35.5 Å². The van der Waals surface area contributed by atoms with E-state index in [-0.39, 0.29) is 22.7 Å². The molecule has 1 aromatic heterocycles. The second-order valence-electron chi connectivity index (χ2n) is 8.17. The molecule has 1 aliphatic heterocycles. The van der Waals surface area contributed by atoms with Crippen LogP contribution in [0, 0.1) is 11.7 Å². The van der Waals surface area contributed by atoms with Gasteiger partial charge in [0.15, 0.2) is 0 Å². The Kier molecular flexibility index (Phi) is 5.74. The summed E-state index contributed by atoms with van der Waals surface area (Å²) in [6.45, 7) is 0. The first kappa shape index (κ1) is 23.6. The van der Waals surface area contributed by atoms with Crippen molar-refractivity contribution in [2.24, 2.45) is 5.92 Å². The van der Waals surface area contributed by atoms with Crippen molar-refractivity contribution in [1.82, 2.24) is 4.98 Å². The van der Waals surface area contributed by atoms with Gasteiger partial charge in [-0.2, -0.15) is 26.3 Å². The first-order valence-corrected chi connectivity index (χ1v) is 10.3. The number of amides is 1. The number of anilines is 2. The van der Waals surface area contributed by atoms with E-state index in [1.165, 1.54) is 29.0 Å². The quantitative estimate of drug-likeness (QED) is 0.495. The summed E-state index contributed by atoms with van der Waals surface area (Å²) < 4.78 is 93.5. The minimum atomic E-state index is -5.10. The van der Waals surface area contributed by atoms with Crippen LogP contribution in [-0.2, 0) is 17.1 Å². The highest BCUT2D eigenvalue weighted by atomic mass is 35.5. The lowest BCUT2D eigenvalue weighted by Gasteiger charge is -2.37. The maximum absolute atomic E-state index is 13.5. The molecule has 2 aromatic rings. The van der Waals surface area contributed by atoms with Crippen LogP contribution < -0.4 is 9.80 Å². The van der Waals surface area contributed by atoms with Crippen molar-refractivity contribution in [3.63, 3.8) is 0 Å². The number of likely N-dealkylation sites (N-methyl/N-ethyl adjacent to an activating group) is 1. The van der Waals surface area contributed by atoms with Gasteiger partial charge in [-0.25, -0.2) is 9.37 Å². The van der Waals surface area contributed by atoms with Gasteiger partial charge in [0.2, 0.25) is 5.91 Å². The van der Waals surface area contributed by atoms with Gasteiger partial charge in [0.05, 0.1) is 10.6 Å². The molecule has 0 unspecified atom stereocenters. The molecule has 2 fully saturated rings. The lowest BCUT2D eigenvalue weighted by Crippen LogP contribution is -2.51. The molecule has 2 heterocycles. The number of piperidine rings is 1. The first-order chi connectivity index (χ1) is 15.3. The van der Waals surface area contributed by atoms with Crippen molar-refractivity contribution in [2.45, 2.75) is 43.7 Å². The van der Waals surface area contributed by atoms with E-state index in [0.29, 0.717) is 25.3 Å². The van der Waals surface area contributed by atoms with Crippen LogP contribution in [0.3, 0.4) is 0 Å². The lowest BCUT2D eigenvalue weighted by molar-refractivity contribution is -0.145. The van der Waals surface area contributed by atoms with Crippen LogP contribution in [0.25, 0.3) is 0 Å². The van der Waals surface area contributed by atoms with Crippen LogP contribution >= 0.6 is 11.6 Å². The fraction of sp³-hybridized carbons (Fsp3) is 0.429. The van der Waals surface area contributed by atoms with Crippen LogP contribution in [0.1, 0.15) is 30.5 Å².